The topological polar surface area (TPSA) is 57.5 Å². The van der Waals surface area contributed by atoms with Crippen LogP contribution in [0.2, 0.25) is 0 Å². The first-order chi connectivity index (χ1) is 15.3. The molecule has 0 bridgehead atoms. The number of aliphatic hydroxyl groups excluding tert-OH is 1. The molecule has 5 fully saturated rings. The van der Waals surface area contributed by atoms with Crippen LogP contribution in [0.25, 0.3) is 0 Å². The lowest BCUT2D eigenvalue weighted by Crippen LogP contribution is -2.67. The fourth-order valence-electron chi connectivity index (χ4n) is 11.5. The largest absolute Gasteiger partial charge is 0.481 e. The Hall–Kier alpha value is -0.830. The van der Waals surface area contributed by atoms with Crippen molar-refractivity contribution in [2.45, 2.75) is 112 Å². The Morgan fingerprint density at radius 3 is 2.15 bits per heavy atom. The zero-order chi connectivity index (χ0) is 24.2. The Morgan fingerprint density at radius 1 is 0.818 bits per heavy atom. The number of fused-ring (bicyclic) bond motifs is 7. The summed E-state index contributed by atoms with van der Waals surface area (Å²) < 4.78 is 0. The van der Waals surface area contributed by atoms with Crippen molar-refractivity contribution in [3.63, 3.8) is 0 Å². The first-order valence-corrected chi connectivity index (χ1v) is 13.8. The Bertz CT molecular complexity index is 861. The van der Waals surface area contributed by atoms with E-state index in [9.17, 15) is 15.0 Å². The molecule has 3 nitrogen and oxygen atoms in total. The third-order valence-corrected chi connectivity index (χ3v) is 13.5. The number of allylic oxidation sites excluding steroid dienone is 1. The Balaban J connectivity index is 1.57. The van der Waals surface area contributed by atoms with Gasteiger partial charge >= 0.3 is 5.97 Å². The van der Waals surface area contributed by atoms with Crippen LogP contribution in [0.3, 0.4) is 0 Å². The van der Waals surface area contributed by atoms with Crippen LogP contribution >= 0.6 is 0 Å². The van der Waals surface area contributed by atoms with E-state index in [-0.39, 0.29) is 33.7 Å². The molecule has 5 aliphatic rings. The highest BCUT2D eigenvalue weighted by molar-refractivity contribution is 5.76. The molecule has 0 aromatic heterocycles. The maximum Gasteiger partial charge on any atom is 0.309 e. The molecule has 3 heteroatoms. The summed E-state index contributed by atoms with van der Waals surface area (Å²) in [6.07, 6.45) is 10.5. The number of carbonyl (C=O) groups is 1. The summed E-state index contributed by atoms with van der Waals surface area (Å²) in [6.45, 7) is 18.8. The summed E-state index contributed by atoms with van der Waals surface area (Å²) in [5.41, 5.74) is 1.35. The van der Waals surface area contributed by atoms with Gasteiger partial charge in [-0.15, -0.1) is 0 Å². The molecule has 186 valence electrons. The lowest BCUT2D eigenvalue weighted by molar-refractivity contribution is -0.248. The molecule has 0 amide bonds. The number of hydrogen-bond donors (Lipinski definition) is 2. The maximum atomic E-state index is 12.8. The summed E-state index contributed by atoms with van der Waals surface area (Å²) in [5, 5.41) is 21.4. The first-order valence-electron chi connectivity index (χ1n) is 13.8. The predicted molar refractivity (Wildman–Crippen MR) is 133 cm³/mol. The van der Waals surface area contributed by atoms with Crippen molar-refractivity contribution in [2.75, 3.05) is 0 Å². The minimum Gasteiger partial charge on any atom is -0.481 e. The van der Waals surface area contributed by atoms with Gasteiger partial charge in [-0.25, -0.2) is 0 Å². The van der Waals surface area contributed by atoms with Crippen molar-refractivity contribution in [1.82, 2.24) is 0 Å². The van der Waals surface area contributed by atoms with Crippen molar-refractivity contribution >= 4 is 5.97 Å². The van der Waals surface area contributed by atoms with E-state index in [2.05, 4.69) is 48.1 Å². The van der Waals surface area contributed by atoms with Crippen LogP contribution in [0, 0.1) is 56.7 Å². The van der Waals surface area contributed by atoms with E-state index in [1.54, 1.807) is 0 Å². The molecule has 33 heavy (non-hydrogen) atoms. The molecule has 10 atom stereocenters. The third-order valence-electron chi connectivity index (χ3n) is 13.5. The molecule has 0 aliphatic heterocycles. The lowest BCUT2D eigenvalue weighted by Gasteiger charge is -2.72. The molecule has 0 unspecified atom stereocenters. The number of hydrogen-bond acceptors (Lipinski definition) is 2. The molecule has 5 saturated carbocycles. The average Bonchev–Trinajstić information content (AvgIpc) is 3.13. The van der Waals surface area contributed by atoms with Gasteiger partial charge < -0.3 is 10.2 Å². The number of carboxylic acids is 1. The molecule has 5 aliphatic carbocycles. The summed E-state index contributed by atoms with van der Waals surface area (Å²) in [4.78, 5) is 12.8. The summed E-state index contributed by atoms with van der Waals surface area (Å²) in [5.74, 6) is 1.79. The molecule has 0 aromatic carbocycles. The molecule has 5 rings (SSSR count). The van der Waals surface area contributed by atoms with E-state index in [1.807, 2.05) is 0 Å². The monoisotopic (exact) mass is 456 g/mol. The SMILES string of the molecule is C=C(C)[C@@H]1CC[C@]2(C(=O)O)CC[C@]3(C)[C@H](CC[C@@H]4[C@@]5(C)CC[C@H](O)C(C)(C)[C@@H]5CC[C@]43C)[C@H]12. The molecule has 2 N–H and O–H groups in total. The van der Waals surface area contributed by atoms with E-state index in [0.29, 0.717) is 23.7 Å². The van der Waals surface area contributed by atoms with Crippen LogP contribution in [-0.2, 0) is 4.79 Å². The molecule has 0 saturated heterocycles. The molecule has 0 radical (unpaired) electrons. The van der Waals surface area contributed by atoms with Gasteiger partial charge in [0.05, 0.1) is 11.5 Å². The summed E-state index contributed by atoms with van der Waals surface area (Å²) in [7, 11) is 0. The Labute approximate surface area is 201 Å². The minimum absolute atomic E-state index is 0.0202. The fourth-order valence-corrected chi connectivity index (χ4v) is 11.5. The summed E-state index contributed by atoms with van der Waals surface area (Å²) >= 11 is 0. The van der Waals surface area contributed by atoms with Gasteiger partial charge in [0.2, 0.25) is 0 Å². The van der Waals surface area contributed by atoms with Gasteiger partial charge in [-0.05, 0) is 122 Å². The number of aliphatic carboxylic acids is 1. The normalized spacial score (nSPS) is 55.0. The number of aliphatic hydroxyl groups is 1. The zero-order valence-corrected chi connectivity index (χ0v) is 22.0. The minimum atomic E-state index is -0.538. The van der Waals surface area contributed by atoms with E-state index in [4.69, 9.17) is 0 Å². The van der Waals surface area contributed by atoms with Gasteiger partial charge in [0.25, 0.3) is 0 Å². The maximum absolute atomic E-state index is 12.8. The lowest BCUT2D eigenvalue weighted by atomic mass is 9.32. The number of rotatable bonds is 2. The fraction of sp³-hybridized carbons (Fsp3) is 0.900. The van der Waals surface area contributed by atoms with E-state index in [1.165, 1.54) is 31.3 Å². The van der Waals surface area contributed by atoms with Crippen LogP contribution in [0.5, 0.6) is 0 Å². The molecular formula is C30H48O3. The van der Waals surface area contributed by atoms with Crippen molar-refractivity contribution in [3.05, 3.63) is 12.2 Å². The molecule has 0 heterocycles. The second kappa shape index (κ2) is 7.11. The van der Waals surface area contributed by atoms with Gasteiger partial charge in [-0.1, -0.05) is 46.8 Å². The highest BCUT2D eigenvalue weighted by Crippen LogP contribution is 2.77. The van der Waals surface area contributed by atoms with Gasteiger partial charge in [-0.3, -0.25) is 4.79 Å². The van der Waals surface area contributed by atoms with E-state index < -0.39 is 11.4 Å². The summed E-state index contributed by atoms with van der Waals surface area (Å²) in [6, 6.07) is 0. The van der Waals surface area contributed by atoms with Crippen molar-refractivity contribution < 1.29 is 15.0 Å². The molecule has 0 spiro atoms. The van der Waals surface area contributed by atoms with Gasteiger partial charge in [0, 0.05) is 0 Å². The third kappa shape index (κ3) is 2.75. The smallest absolute Gasteiger partial charge is 0.309 e. The highest BCUT2D eigenvalue weighted by Gasteiger charge is 2.71. The second-order valence-electron chi connectivity index (χ2n) is 14.5. The Morgan fingerprint density at radius 2 is 1.52 bits per heavy atom. The van der Waals surface area contributed by atoms with Crippen LogP contribution in [0.15, 0.2) is 12.2 Å². The first kappa shape index (κ1) is 23.9. The average molecular weight is 457 g/mol. The van der Waals surface area contributed by atoms with Crippen LogP contribution in [-0.4, -0.2) is 22.3 Å². The van der Waals surface area contributed by atoms with Crippen LogP contribution in [0.4, 0.5) is 0 Å². The van der Waals surface area contributed by atoms with Crippen LogP contribution < -0.4 is 0 Å². The molecule has 0 aromatic rings. The highest BCUT2D eigenvalue weighted by atomic mass is 16.4. The second-order valence-corrected chi connectivity index (χ2v) is 14.5. The van der Waals surface area contributed by atoms with Crippen molar-refractivity contribution in [1.29, 1.82) is 0 Å². The van der Waals surface area contributed by atoms with Gasteiger partial charge in [0.1, 0.15) is 0 Å². The Kier molecular flexibility index (Phi) is 5.15. The zero-order valence-electron chi connectivity index (χ0n) is 22.0. The standard InChI is InChI=1S/C30H48O3/c1-18(2)19-10-15-30(25(32)33)17-16-28(6)20(24(19)30)8-9-22-27(5)13-12-23(31)26(3,4)21(27)11-14-29(22,28)7/h19-24,31H,1,8-17H2,2-7H3,(H,32,33)/t19-,20+,21-,22+,23-,24-,27-,28+,29+,30-/m0/s1. The van der Waals surface area contributed by atoms with Gasteiger partial charge in [-0.2, -0.15) is 0 Å². The quantitative estimate of drug-likeness (QED) is 0.436. The van der Waals surface area contributed by atoms with Crippen molar-refractivity contribution in [3.8, 4) is 0 Å². The van der Waals surface area contributed by atoms with Gasteiger partial charge in [0.15, 0.2) is 0 Å². The van der Waals surface area contributed by atoms with Crippen LogP contribution in [0.1, 0.15) is 106 Å². The predicted octanol–water partition coefficient (Wildman–Crippen LogP) is 7.09. The molecular weight excluding hydrogens is 408 g/mol. The van der Waals surface area contributed by atoms with Crippen molar-refractivity contribution in [2.24, 2.45) is 56.7 Å². The van der Waals surface area contributed by atoms with E-state index in [0.717, 1.165) is 38.5 Å². The van der Waals surface area contributed by atoms with E-state index >= 15 is 0 Å². The number of carboxylic acid groups (broad SMARTS) is 1.